The number of aliphatic hydroxyl groups is 1. The highest BCUT2D eigenvalue weighted by Gasteiger charge is 2.42. The van der Waals surface area contributed by atoms with Gasteiger partial charge in [-0.25, -0.2) is 4.98 Å². The molecule has 5 nitrogen and oxygen atoms in total. The van der Waals surface area contributed by atoms with E-state index < -0.39 is 11.1 Å². The fraction of sp³-hybridized carbons (Fsp3) is 0.256. The van der Waals surface area contributed by atoms with Gasteiger partial charge in [-0.1, -0.05) is 123 Å². The number of imidazole rings is 1. The van der Waals surface area contributed by atoms with E-state index in [0.29, 0.717) is 11.3 Å². The predicted octanol–water partition coefficient (Wildman–Crippen LogP) is 9.03. The van der Waals surface area contributed by atoms with Crippen LogP contribution in [0.1, 0.15) is 79.8 Å². The highest BCUT2D eigenvalue weighted by atomic mass is 16.3. The minimum absolute atomic E-state index is 0.0222. The molecule has 5 heteroatoms. The third-order valence-corrected chi connectivity index (χ3v) is 9.65. The van der Waals surface area contributed by atoms with Crippen LogP contribution in [0.5, 0.6) is 0 Å². The molecule has 1 N–H and O–H groups in total. The van der Waals surface area contributed by atoms with E-state index in [-0.39, 0.29) is 23.9 Å². The standard InChI is InChI=1S/C43H45N3O2/c1-30(2)43(48,39-25-24-33-26-35(23-22-34(33)27-39)41(47)46(31(3)4)32(5)6)40-28-45(29-44-40)42(36-16-10-7-11-17-36,37-18-12-8-13-19-37)38-20-14-9-15-21-38/h7-32,48H,1-6H3. The molecule has 1 atom stereocenters. The molecular formula is C43H45N3O2. The van der Waals surface area contributed by atoms with Crippen molar-refractivity contribution >= 4 is 16.7 Å². The van der Waals surface area contributed by atoms with Gasteiger partial charge in [0.25, 0.3) is 5.91 Å². The molecule has 244 valence electrons. The monoisotopic (exact) mass is 635 g/mol. The van der Waals surface area contributed by atoms with Crippen LogP contribution < -0.4 is 0 Å². The van der Waals surface area contributed by atoms with E-state index in [1.165, 1.54) is 0 Å². The van der Waals surface area contributed by atoms with E-state index in [2.05, 4.69) is 77.4 Å². The Morgan fingerprint density at radius 1 is 0.646 bits per heavy atom. The summed E-state index contributed by atoms with van der Waals surface area (Å²) in [5, 5.41) is 14.6. The number of rotatable bonds is 10. The minimum atomic E-state index is -1.38. The van der Waals surface area contributed by atoms with Crippen LogP contribution in [0.2, 0.25) is 0 Å². The zero-order chi connectivity index (χ0) is 34.1. The molecule has 1 unspecified atom stereocenters. The summed E-state index contributed by atoms with van der Waals surface area (Å²) in [4.78, 5) is 20.3. The summed E-state index contributed by atoms with van der Waals surface area (Å²) in [7, 11) is 0. The minimum Gasteiger partial charge on any atom is -0.378 e. The van der Waals surface area contributed by atoms with E-state index >= 15 is 0 Å². The average molecular weight is 636 g/mol. The van der Waals surface area contributed by atoms with E-state index in [4.69, 9.17) is 4.98 Å². The summed E-state index contributed by atoms with van der Waals surface area (Å²) in [6.45, 7) is 12.2. The molecule has 48 heavy (non-hydrogen) atoms. The van der Waals surface area contributed by atoms with Crippen LogP contribution in [-0.4, -0.2) is 37.5 Å². The molecule has 0 bridgehead atoms. The third-order valence-electron chi connectivity index (χ3n) is 9.65. The molecule has 0 radical (unpaired) electrons. The third kappa shape index (κ3) is 5.62. The lowest BCUT2D eigenvalue weighted by Gasteiger charge is -2.37. The number of hydrogen-bond donors (Lipinski definition) is 1. The fourth-order valence-electron chi connectivity index (χ4n) is 7.30. The van der Waals surface area contributed by atoms with Crippen LogP contribution in [-0.2, 0) is 11.1 Å². The lowest BCUT2D eigenvalue weighted by molar-refractivity contribution is 0.0279. The largest absolute Gasteiger partial charge is 0.378 e. The number of amides is 1. The smallest absolute Gasteiger partial charge is 0.254 e. The molecule has 0 saturated heterocycles. The maximum Gasteiger partial charge on any atom is 0.254 e. The van der Waals surface area contributed by atoms with Crippen LogP contribution >= 0.6 is 0 Å². The van der Waals surface area contributed by atoms with Crippen molar-refractivity contribution in [1.82, 2.24) is 14.5 Å². The van der Waals surface area contributed by atoms with Crippen LogP contribution in [0.25, 0.3) is 10.8 Å². The van der Waals surface area contributed by atoms with Gasteiger partial charge in [0, 0.05) is 23.8 Å². The number of nitrogens with zero attached hydrogens (tertiary/aromatic N) is 3. The van der Waals surface area contributed by atoms with Crippen LogP contribution in [0.3, 0.4) is 0 Å². The van der Waals surface area contributed by atoms with E-state index in [0.717, 1.165) is 33.0 Å². The number of aromatic nitrogens is 2. The van der Waals surface area contributed by atoms with Gasteiger partial charge in [-0.15, -0.1) is 0 Å². The van der Waals surface area contributed by atoms with Gasteiger partial charge in [0.1, 0.15) is 11.1 Å². The normalized spacial score (nSPS) is 13.3. The van der Waals surface area contributed by atoms with Crippen molar-refractivity contribution in [2.24, 2.45) is 5.92 Å². The summed E-state index contributed by atoms with van der Waals surface area (Å²) in [6, 6.07) is 43.4. The lowest BCUT2D eigenvalue weighted by atomic mass is 9.76. The Balaban J connectivity index is 1.48. The molecule has 1 aromatic heterocycles. The first kappa shape index (κ1) is 32.9. The highest BCUT2D eigenvalue weighted by Crippen LogP contribution is 2.43. The van der Waals surface area contributed by atoms with Gasteiger partial charge in [-0.3, -0.25) is 4.79 Å². The Morgan fingerprint density at radius 2 is 1.12 bits per heavy atom. The summed E-state index contributed by atoms with van der Waals surface area (Å²) in [6.07, 6.45) is 3.86. The van der Waals surface area contributed by atoms with Crippen molar-refractivity contribution in [3.63, 3.8) is 0 Å². The molecule has 6 aromatic rings. The molecule has 0 aliphatic heterocycles. The summed E-state index contributed by atoms with van der Waals surface area (Å²) < 4.78 is 2.14. The molecule has 0 fully saturated rings. The molecular weight excluding hydrogens is 590 g/mol. The van der Waals surface area contributed by atoms with Crippen LogP contribution in [0.15, 0.2) is 140 Å². The van der Waals surface area contributed by atoms with Crippen molar-refractivity contribution in [1.29, 1.82) is 0 Å². The maximum atomic E-state index is 13.4. The maximum absolute atomic E-state index is 13.4. The van der Waals surface area contributed by atoms with E-state index in [1.807, 2.05) is 114 Å². The van der Waals surface area contributed by atoms with Crippen LogP contribution in [0, 0.1) is 5.92 Å². The fourth-order valence-corrected chi connectivity index (χ4v) is 7.30. The second-order valence-corrected chi connectivity index (χ2v) is 13.6. The number of hydrogen-bond acceptors (Lipinski definition) is 3. The van der Waals surface area contributed by atoms with E-state index in [9.17, 15) is 9.90 Å². The first-order valence-electron chi connectivity index (χ1n) is 16.9. The molecule has 5 aromatic carbocycles. The Hall–Kier alpha value is -5.00. The molecule has 0 spiro atoms. The Morgan fingerprint density at radius 3 is 1.60 bits per heavy atom. The summed E-state index contributed by atoms with van der Waals surface area (Å²) in [5.41, 5.74) is 3.13. The number of benzene rings is 5. The van der Waals surface area contributed by atoms with Gasteiger partial charge >= 0.3 is 0 Å². The molecule has 1 amide bonds. The second kappa shape index (κ2) is 13.2. The number of fused-ring (bicyclic) bond motifs is 1. The zero-order valence-corrected chi connectivity index (χ0v) is 28.7. The zero-order valence-electron chi connectivity index (χ0n) is 28.7. The molecule has 0 saturated carbocycles. The number of carbonyl (C=O) groups is 1. The highest BCUT2D eigenvalue weighted by molar-refractivity contribution is 5.99. The lowest BCUT2D eigenvalue weighted by Crippen LogP contribution is -2.42. The van der Waals surface area contributed by atoms with E-state index in [1.54, 1.807) is 0 Å². The van der Waals surface area contributed by atoms with Gasteiger partial charge in [0.15, 0.2) is 0 Å². The Kier molecular flexibility index (Phi) is 9.09. The second-order valence-electron chi connectivity index (χ2n) is 13.6. The quantitative estimate of drug-likeness (QED) is 0.153. The van der Waals surface area contributed by atoms with Crippen molar-refractivity contribution < 1.29 is 9.90 Å². The SMILES string of the molecule is CC(C)N(C(=O)c1ccc2cc(C(O)(c3cn(C(c4ccccc4)(c4ccccc4)c4ccccc4)cn3)C(C)C)ccc2c1)C(C)C. The Bertz CT molecular complexity index is 1890. The molecule has 1 heterocycles. The van der Waals surface area contributed by atoms with Gasteiger partial charge in [-0.05, 0) is 84.8 Å². The molecule has 6 rings (SSSR count). The number of carbonyl (C=O) groups excluding carboxylic acids is 1. The van der Waals surface area contributed by atoms with Gasteiger partial charge in [0.2, 0.25) is 0 Å². The Labute approximate surface area is 284 Å². The first-order chi connectivity index (χ1) is 23.1. The van der Waals surface area contributed by atoms with Crippen molar-refractivity contribution in [2.45, 2.75) is 64.8 Å². The van der Waals surface area contributed by atoms with Gasteiger partial charge in [0.05, 0.1) is 12.0 Å². The van der Waals surface area contributed by atoms with Crippen molar-refractivity contribution in [3.8, 4) is 0 Å². The first-order valence-corrected chi connectivity index (χ1v) is 16.9. The van der Waals surface area contributed by atoms with Gasteiger partial charge < -0.3 is 14.6 Å². The topological polar surface area (TPSA) is 58.4 Å². The molecule has 0 aliphatic carbocycles. The van der Waals surface area contributed by atoms with Crippen molar-refractivity contribution in [3.05, 3.63) is 173 Å². The summed E-state index contributed by atoms with van der Waals surface area (Å²) >= 11 is 0. The van der Waals surface area contributed by atoms with Crippen LogP contribution in [0.4, 0.5) is 0 Å². The summed E-state index contributed by atoms with van der Waals surface area (Å²) in [5.74, 6) is -0.168. The predicted molar refractivity (Wildman–Crippen MR) is 195 cm³/mol. The van der Waals surface area contributed by atoms with Crippen molar-refractivity contribution in [2.75, 3.05) is 0 Å². The average Bonchev–Trinajstić information content (AvgIpc) is 3.60. The van der Waals surface area contributed by atoms with Gasteiger partial charge in [-0.2, -0.15) is 0 Å². The molecule has 0 aliphatic rings.